The highest BCUT2D eigenvalue weighted by atomic mass is 16.6. The van der Waals surface area contributed by atoms with Gasteiger partial charge in [-0.25, -0.2) is 4.68 Å². The molecule has 0 radical (unpaired) electrons. The second kappa shape index (κ2) is 6.99. The van der Waals surface area contributed by atoms with Crippen molar-refractivity contribution in [1.82, 2.24) is 15.0 Å². The topological polar surface area (TPSA) is 107 Å². The molecule has 0 atom stereocenters. The van der Waals surface area contributed by atoms with Gasteiger partial charge in [-0.3, -0.25) is 9.59 Å². The van der Waals surface area contributed by atoms with Crippen molar-refractivity contribution < 1.29 is 19.1 Å². The van der Waals surface area contributed by atoms with Crippen molar-refractivity contribution in [3.8, 4) is 11.5 Å². The van der Waals surface area contributed by atoms with Crippen LogP contribution in [0.1, 0.15) is 13.3 Å². The molecule has 2 N–H and O–H groups in total. The van der Waals surface area contributed by atoms with Crippen molar-refractivity contribution in [2.45, 2.75) is 19.9 Å². The molecule has 1 aliphatic heterocycles. The molecule has 3 rings (SSSR count). The van der Waals surface area contributed by atoms with Crippen LogP contribution in [0.25, 0.3) is 0 Å². The summed E-state index contributed by atoms with van der Waals surface area (Å²) in [6.07, 6.45) is 1.84. The molecule has 0 fully saturated rings. The molecule has 0 spiro atoms. The molecule has 2 aromatic rings. The second-order valence-electron chi connectivity index (χ2n) is 5.11. The Morgan fingerprint density at radius 2 is 1.96 bits per heavy atom. The number of hydrogen-bond donors (Lipinski definition) is 2. The summed E-state index contributed by atoms with van der Waals surface area (Å²) < 4.78 is 12.2. The first-order valence-electron chi connectivity index (χ1n) is 7.53. The minimum atomic E-state index is -0.273. The van der Waals surface area contributed by atoms with Gasteiger partial charge in [0.05, 0.1) is 6.20 Å². The lowest BCUT2D eigenvalue weighted by atomic mass is 10.2. The Hall–Kier alpha value is -3.10. The van der Waals surface area contributed by atoms with Gasteiger partial charge in [-0.2, -0.15) is 0 Å². The van der Waals surface area contributed by atoms with E-state index in [1.807, 2.05) is 0 Å². The van der Waals surface area contributed by atoms with Crippen LogP contribution in [0.15, 0.2) is 24.4 Å². The minimum Gasteiger partial charge on any atom is -0.486 e. The number of aromatic nitrogens is 3. The third kappa shape index (κ3) is 3.80. The lowest BCUT2D eigenvalue weighted by Crippen LogP contribution is -2.20. The largest absolute Gasteiger partial charge is 0.486 e. The van der Waals surface area contributed by atoms with Crippen molar-refractivity contribution in [3.05, 3.63) is 24.4 Å². The summed E-state index contributed by atoms with van der Waals surface area (Å²) in [4.78, 5) is 23.4. The van der Waals surface area contributed by atoms with E-state index in [1.54, 1.807) is 25.1 Å². The number of rotatable bonds is 5. The molecular formula is C15H17N5O4. The van der Waals surface area contributed by atoms with E-state index in [1.165, 1.54) is 10.9 Å². The Bertz CT molecular complexity index is 758. The van der Waals surface area contributed by atoms with E-state index in [0.29, 0.717) is 42.6 Å². The molecule has 0 bridgehead atoms. The highest BCUT2D eigenvalue weighted by Crippen LogP contribution is 2.32. The smallest absolute Gasteiger partial charge is 0.246 e. The molecule has 0 aliphatic carbocycles. The number of carbonyl (C=O) groups is 2. The Balaban J connectivity index is 1.58. The summed E-state index contributed by atoms with van der Waals surface area (Å²) in [5, 5.41) is 12.9. The van der Waals surface area contributed by atoms with Crippen LogP contribution in [0.2, 0.25) is 0 Å². The molecule has 126 valence electrons. The molecule has 1 aliphatic rings. The number of fused-ring (bicyclic) bond motifs is 1. The van der Waals surface area contributed by atoms with Crippen molar-refractivity contribution in [3.63, 3.8) is 0 Å². The summed E-state index contributed by atoms with van der Waals surface area (Å²) in [5.41, 5.74) is 0.601. The van der Waals surface area contributed by atoms with E-state index in [0.717, 1.165) is 0 Å². The molecule has 9 heteroatoms. The molecule has 1 aromatic carbocycles. The van der Waals surface area contributed by atoms with Crippen molar-refractivity contribution in [2.75, 3.05) is 23.8 Å². The number of amides is 2. The normalized spacial score (nSPS) is 12.5. The molecule has 1 aromatic heterocycles. The van der Waals surface area contributed by atoms with Crippen LogP contribution in [0.4, 0.5) is 11.5 Å². The SMILES string of the molecule is CCC(=O)Nc1cn(CC(=O)Nc2ccc3c(c2)OCCO3)nn1. The summed E-state index contributed by atoms with van der Waals surface area (Å²) in [5.74, 6) is 1.14. The zero-order chi connectivity index (χ0) is 16.9. The standard InChI is InChI=1S/C15H17N5O4/c1-2-14(21)17-13-8-20(19-18-13)9-15(22)16-10-3-4-11-12(7-10)24-6-5-23-11/h3-4,7-8H,2,5-6,9H2,1H3,(H,16,22)(H,17,21). The highest BCUT2D eigenvalue weighted by Gasteiger charge is 2.13. The van der Waals surface area contributed by atoms with Gasteiger partial charge in [0.1, 0.15) is 19.8 Å². The first-order valence-corrected chi connectivity index (χ1v) is 7.53. The fourth-order valence-corrected chi connectivity index (χ4v) is 2.13. The third-order valence-corrected chi connectivity index (χ3v) is 3.26. The van der Waals surface area contributed by atoms with Crippen molar-refractivity contribution in [1.29, 1.82) is 0 Å². The van der Waals surface area contributed by atoms with Gasteiger partial charge in [-0.15, -0.1) is 5.10 Å². The van der Waals surface area contributed by atoms with Gasteiger partial charge in [0.25, 0.3) is 0 Å². The van der Waals surface area contributed by atoms with E-state index in [9.17, 15) is 9.59 Å². The Kier molecular flexibility index (Phi) is 4.59. The maximum absolute atomic E-state index is 12.1. The lowest BCUT2D eigenvalue weighted by molar-refractivity contribution is -0.117. The summed E-state index contributed by atoms with van der Waals surface area (Å²) >= 11 is 0. The number of hydrogen-bond acceptors (Lipinski definition) is 6. The second-order valence-corrected chi connectivity index (χ2v) is 5.11. The van der Waals surface area contributed by atoms with Crippen LogP contribution in [0, 0.1) is 0 Å². The zero-order valence-electron chi connectivity index (χ0n) is 13.1. The molecule has 2 heterocycles. The molecule has 0 saturated heterocycles. The van der Waals surface area contributed by atoms with E-state index >= 15 is 0 Å². The average molecular weight is 331 g/mol. The number of anilines is 2. The van der Waals surface area contributed by atoms with Crippen LogP contribution in [0.3, 0.4) is 0 Å². The summed E-state index contributed by atoms with van der Waals surface area (Å²) in [6.45, 7) is 2.71. The van der Waals surface area contributed by atoms with E-state index in [4.69, 9.17) is 9.47 Å². The molecule has 9 nitrogen and oxygen atoms in total. The number of benzene rings is 1. The quantitative estimate of drug-likeness (QED) is 0.847. The fourth-order valence-electron chi connectivity index (χ4n) is 2.13. The Morgan fingerprint density at radius 3 is 2.75 bits per heavy atom. The molecule has 2 amide bonds. The monoisotopic (exact) mass is 331 g/mol. The Labute approximate surface area is 137 Å². The van der Waals surface area contributed by atoms with Crippen molar-refractivity contribution in [2.24, 2.45) is 0 Å². The van der Waals surface area contributed by atoms with E-state index in [-0.39, 0.29) is 18.4 Å². The maximum Gasteiger partial charge on any atom is 0.246 e. The van der Waals surface area contributed by atoms with Gasteiger partial charge in [0.15, 0.2) is 17.3 Å². The average Bonchev–Trinajstić information content (AvgIpc) is 3.01. The Morgan fingerprint density at radius 1 is 1.17 bits per heavy atom. The van der Waals surface area contributed by atoms with E-state index < -0.39 is 0 Å². The van der Waals surface area contributed by atoms with Gasteiger partial charge in [-0.1, -0.05) is 12.1 Å². The predicted molar refractivity (Wildman–Crippen MR) is 85.0 cm³/mol. The van der Waals surface area contributed by atoms with Gasteiger partial charge in [0.2, 0.25) is 11.8 Å². The van der Waals surface area contributed by atoms with Gasteiger partial charge in [0, 0.05) is 18.2 Å². The van der Waals surface area contributed by atoms with Gasteiger partial charge < -0.3 is 20.1 Å². The third-order valence-electron chi connectivity index (χ3n) is 3.26. The van der Waals surface area contributed by atoms with Crippen LogP contribution >= 0.6 is 0 Å². The molecule has 0 saturated carbocycles. The van der Waals surface area contributed by atoms with Crippen LogP contribution < -0.4 is 20.1 Å². The van der Waals surface area contributed by atoms with Crippen LogP contribution in [-0.2, 0) is 16.1 Å². The van der Waals surface area contributed by atoms with Crippen LogP contribution in [-0.4, -0.2) is 40.0 Å². The zero-order valence-corrected chi connectivity index (χ0v) is 13.1. The number of carbonyl (C=O) groups excluding carboxylic acids is 2. The van der Waals surface area contributed by atoms with Crippen molar-refractivity contribution >= 4 is 23.3 Å². The lowest BCUT2D eigenvalue weighted by Gasteiger charge is -2.18. The first-order chi connectivity index (χ1) is 11.6. The van der Waals surface area contributed by atoms with Gasteiger partial charge in [-0.05, 0) is 12.1 Å². The molecule has 24 heavy (non-hydrogen) atoms. The highest BCUT2D eigenvalue weighted by molar-refractivity contribution is 5.91. The van der Waals surface area contributed by atoms with Crippen LogP contribution in [0.5, 0.6) is 11.5 Å². The maximum atomic E-state index is 12.1. The summed E-state index contributed by atoms with van der Waals surface area (Å²) in [7, 11) is 0. The molecular weight excluding hydrogens is 314 g/mol. The van der Waals surface area contributed by atoms with Gasteiger partial charge >= 0.3 is 0 Å². The summed E-state index contributed by atoms with van der Waals surface area (Å²) in [6, 6.07) is 5.19. The first kappa shape index (κ1) is 15.8. The predicted octanol–water partition coefficient (Wildman–Crippen LogP) is 1.04. The number of nitrogens with zero attached hydrogens (tertiary/aromatic N) is 3. The molecule has 0 unspecified atom stereocenters. The fraction of sp³-hybridized carbons (Fsp3) is 0.333. The minimum absolute atomic E-state index is 0.0244. The number of nitrogens with one attached hydrogen (secondary N) is 2. The van der Waals surface area contributed by atoms with E-state index in [2.05, 4.69) is 20.9 Å². The number of ether oxygens (including phenoxy) is 2.